The van der Waals surface area contributed by atoms with Gasteiger partial charge >= 0.3 is 0 Å². The highest BCUT2D eigenvalue weighted by molar-refractivity contribution is 6.25. The van der Waals surface area contributed by atoms with E-state index >= 15 is 0 Å². The van der Waals surface area contributed by atoms with Crippen LogP contribution >= 0.6 is 0 Å². The van der Waals surface area contributed by atoms with Gasteiger partial charge in [0.1, 0.15) is 0 Å². The number of hydrogen-bond acceptors (Lipinski definition) is 1. The number of benzene rings is 6. The van der Waals surface area contributed by atoms with E-state index in [4.69, 9.17) is 0 Å². The van der Waals surface area contributed by atoms with Gasteiger partial charge in [0.05, 0.1) is 0 Å². The van der Waals surface area contributed by atoms with Gasteiger partial charge in [-0.25, -0.2) is 0 Å². The summed E-state index contributed by atoms with van der Waals surface area (Å²) in [6.07, 6.45) is 0. The summed E-state index contributed by atoms with van der Waals surface area (Å²) < 4.78 is 0. The van der Waals surface area contributed by atoms with Crippen molar-refractivity contribution < 1.29 is 0 Å². The summed E-state index contributed by atoms with van der Waals surface area (Å²) in [7, 11) is 0. The molecule has 0 amide bonds. The zero-order valence-corrected chi connectivity index (χ0v) is 18.0. The second-order valence-corrected chi connectivity index (χ2v) is 8.42. The molecule has 6 rings (SSSR count). The third-order valence-corrected chi connectivity index (χ3v) is 6.27. The highest BCUT2D eigenvalue weighted by atomic mass is 14.9. The molecule has 6 aromatic rings. The first kappa shape index (κ1) is 18.7. The highest BCUT2D eigenvalue weighted by Gasteiger charge is 2.09. The van der Waals surface area contributed by atoms with Crippen LogP contribution in [0.5, 0.6) is 0 Å². The number of aryl methyl sites for hydroxylation is 1. The van der Waals surface area contributed by atoms with E-state index in [9.17, 15) is 0 Å². The molecular formula is C31H23N. The molecule has 0 fully saturated rings. The first-order valence-corrected chi connectivity index (χ1v) is 11.0. The molecule has 0 unspecified atom stereocenters. The minimum Gasteiger partial charge on any atom is -0.356 e. The molecule has 1 heteroatoms. The maximum absolute atomic E-state index is 3.50. The normalized spacial score (nSPS) is 11.3. The van der Waals surface area contributed by atoms with Crippen molar-refractivity contribution in [2.45, 2.75) is 6.92 Å². The van der Waals surface area contributed by atoms with E-state index in [2.05, 4.69) is 128 Å². The molecular weight excluding hydrogens is 386 g/mol. The standard InChI is InChI=1S/C31H23N/c1-21-7-6-8-25(19-21)32-24-16-13-22(14-17-24)23-15-18-30-28-11-3-2-9-26(28)27-10-4-5-12-29(27)31(30)20-23/h2-20,32H,1H3. The summed E-state index contributed by atoms with van der Waals surface area (Å²) in [5.41, 5.74) is 5.92. The molecule has 1 N–H and O–H groups in total. The number of fused-ring (bicyclic) bond motifs is 6. The van der Waals surface area contributed by atoms with Crippen LogP contribution in [0.3, 0.4) is 0 Å². The van der Waals surface area contributed by atoms with Crippen molar-refractivity contribution in [1.29, 1.82) is 0 Å². The second kappa shape index (κ2) is 7.55. The predicted octanol–water partition coefficient (Wildman–Crippen LogP) is 8.87. The van der Waals surface area contributed by atoms with Crippen molar-refractivity contribution >= 4 is 43.7 Å². The molecule has 0 radical (unpaired) electrons. The van der Waals surface area contributed by atoms with Crippen LogP contribution in [0.2, 0.25) is 0 Å². The average Bonchev–Trinajstić information content (AvgIpc) is 2.84. The van der Waals surface area contributed by atoms with Crippen molar-refractivity contribution in [2.24, 2.45) is 0 Å². The van der Waals surface area contributed by atoms with E-state index in [0.717, 1.165) is 11.4 Å². The lowest BCUT2D eigenvalue weighted by molar-refractivity contribution is 1.45. The van der Waals surface area contributed by atoms with Crippen LogP contribution in [-0.4, -0.2) is 0 Å². The second-order valence-electron chi connectivity index (χ2n) is 8.42. The van der Waals surface area contributed by atoms with Crippen LogP contribution in [0.15, 0.2) is 115 Å². The summed E-state index contributed by atoms with van der Waals surface area (Å²) in [4.78, 5) is 0. The Hall–Kier alpha value is -4.10. The van der Waals surface area contributed by atoms with Gasteiger partial charge in [-0.15, -0.1) is 0 Å². The topological polar surface area (TPSA) is 12.0 Å². The molecule has 152 valence electrons. The Labute approximate surface area is 188 Å². The Morgan fingerprint density at radius 1 is 0.406 bits per heavy atom. The summed E-state index contributed by atoms with van der Waals surface area (Å²) in [5.74, 6) is 0. The van der Waals surface area contributed by atoms with Crippen LogP contribution in [0, 0.1) is 6.92 Å². The molecule has 0 saturated carbocycles. The molecule has 0 aromatic heterocycles. The summed E-state index contributed by atoms with van der Waals surface area (Å²) in [6, 6.07) is 41.5. The van der Waals surface area contributed by atoms with E-state index in [1.54, 1.807) is 0 Å². The van der Waals surface area contributed by atoms with Gasteiger partial charge in [-0.1, -0.05) is 84.9 Å². The smallest absolute Gasteiger partial charge is 0.0386 e. The number of rotatable bonds is 3. The van der Waals surface area contributed by atoms with E-state index in [-0.39, 0.29) is 0 Å². The molecule has 1 nitrogen and oxygen atoms in total. The molecule has 6 aromatic carbocycles. The Morgan fingerprint density at radius 3 is 1.59 bits per heavy atom. The first-order chi connectivity index (χ1) is 15.8. The molecule has 0 spiro atoms. The van der Waals surface area contributed by atoms with Gasteiger partial charge in [-0.2, -0.15) is 0 Å². The zero-order valence-electron chi connectivity index (χ0n) is 18.0. The number of nitrogens with one attached hydrogen (secondary N) is 1. The molecule has 0 bridgehead atoms. The average molecular weight is 410 g/mol. The highest BCUT2D eigenvalue weighted by Crippen LogP contribution is 2.37. The Bertz CT molecular complexity index is 1560. The molecule has 0 heterocycles. The summed E-state index contributed by atoms with van der Waals surface area (Å²) in [6.45, 7) is 2.11. The zero-order chi connectivity index (χ0) is 21.5. The number of anilines is 2. The van der Waals surface area contributed by atoms with Crippen molar-refractivity contribution in [3.63, 3.8) is 0 Å². The minimum atomic E-state index is 1.09. The molecule has 0 saturated heterocycles. The fraction of sp³-hybridized carbons (Fsp3) is 0.0323. The predicted molar refractivity (Wildman–Crippen MR) is 139 cm³/mol. The van der Waals surface area contributed by atoms with Crippen LogP contribution in [-0.2, 0) is 0 Å². The maximum atomic E-state index is 3.50. The Balaban J connectivity index is 1.44. The van der Waals surface area contributed by atoms with E-state index in [1.807, 2.05) is 0 Å². The van der Waals surface area contributed by atoms with E-state index < -0.39 is 0 Å². The summed E-state index contributed by atoms with van der Waals surface area (Å²) in [5, 5.41) is 11.4. The molecule has 0 aliphatic carbocycles. The van der Waals surface area contributed by atoms with Gasteiger partial charge in [0, 0.05) is 11.4 Å². The number of hydrogen-bond donors (Lipinski definition) is 1. The van der Waals surface area contributed by atoms with Crippen molar-refractivity contribution in [1.82, 2.24) is 0 Å². The molecule has 0 aliphatic heterocycles. The van der Waals surface area contributed by atoms with Crippen LogP contribution in [0.1, 0.15) is 5.56 Å². The van der Waals surface area contributed by atoms with E-state index in [0.29, 0.717) is 0 Å². The Morgan fingerprint density at radius 2 is 0.969 bits per heavy atom. The Kier molecular flexibility index (Phi) is 4.40. The van der Waals surface area contributed by atoms with Crippen LogP contribution < -0.4 is 5.32 Å². The quantitative estimate of drug-likeness (QED) is 0.288. The van der Waals surface area contributed by atoms with Gasteiger partial charge in [0.25, 0.3) is 0 Å². The lowest BCUT2D eigenvalue weighted by atomic mass is 9.92. The third-order valence-electron chi connectivity index (χ3n) is 6.27. The lowest BCUT2D eigenvalue weighted by Gasteiger charge is -2.12. The maximum Gasteiger partial charge on any atom is 0.0386 e. The van der Waals surface area contributed by atoms with Gasteiger partial charge in [-0.05, 0) is 86.3 Å². The first-order valence-electron chi connectivity index (χ1n) is 11.0. The summed E-state index contributed by atoms with van der Waals surface area (Å²) >= 11 is 0. The van der Waals surface area contributed by atoms with Gasteiger partial charge < -0.3 is 5.32 Å². The lowest BCUT2D eigenvalue weighted by Crippen LogP contribution is -1.90. The minimum absolute atomic E-state index is 1.09. The SMILES string of the molecule is Cc1cccc(Nc2ccc(-c3ccc4c5ccccc5c5ccccc5c4c3)cc2)c1. The van der Waals surface area contributed by atoms with Crippen LogP contribution in [0.4, 0.5) is 11.4 Å². The van der Waals surface area contributed by atoms with Crippen molar-refractivity contribution in [3.05, 3.63) is 121 Å². The van der Waals surface area contributed by atoms with Gasteiger partial charge in [0.2, 0.25) is 0 Å². The van der Waals surface area contributed by atoms with E-state index in [1.165, 1.54) is 49.0 Å². The molecule has 0 atom stereocenters. The fourth-order valence-corrected chi connectivity index (χ4v) is 4.72. The molecule has 0 aliphatic rings. The molecule has 32 heavy (non-hydrogen) atoms. The fourth-order valence-electron chi connectivity index (χ4n) is 4.72. The largest absolute Gasteiger partial charge is 0.356 e. The monoisotopic (exact) mass is 409 g/mol. The van der Waals surface area contributed by atoms with Crippen molar-refractivity contribution in [3.8, 4) is 11.1 Å². The van der Waals surface area contributed by atoms with Gasteiger partial charge in [0.15, 0.2) is 0 Å². The van der Waals surface area contributed by atoms with Crippen molar-refractivity contribution in [2.75, 3.05) is 5.32 Å². The van der Waals surface area contributed by atoms with Gasteiger partial charge in [-0.3, -0.25) is 0 Å². The third kappa shape index (κ3) is 3.19. The van der Waals surface area contributed by atoms with Crippen LogP contribution in [0.25, 0.3) is 43.4 Å².